The smallest absolute Gasteiger partial charge is 0.222 e. The highest BCUT2D eigenvalue weighted by Crippen LogP contribution is 2.22. The molecule has 0 radical (unpaired) electrons. The standard InChI is InChI=1S/C17H28N4O.HI/c1-5-13-8-7-9-14(6-2)16(13)21-17(18)19-11-10-15(22)20-12(3)4;/h7-9,12H,5-6,10-11H2,1-4H3,(H,20,22)(H3,18,19,21);1H. The number of nitrogens with two attached hydrogens (primary N) is 1. The molecule has 0 unspecified atom stereocenters. The van der Waals surface area contributed by atoms with Crippen molar-refractivity contribution in [3.63, 3.8) is 0 Å². The van der Waals surface area contributed by atoms with Crippen molar-refractivity contribution in [2.45, 2.75) is 53.0 Å². The highest BCUT2D eigenvalue weighted by molar-refractivity contribution is 14.0. The average Bonchev–Trinajstić information content (AvgIpc) is 2.46. The summed E-state index contributed by atoms with van der Waals surface area (Å²) in [6.45, 7) is 8.48. The third-order valence-corrected chi connectivity index (χ3v) is 3.32. The Morgan fingerprint density at radius 2 is 1.78 bits per heavy atom. The molecule has 0 spiro atoms. The van der Waals surface area contributed by atoms with Crippen LogP contribution in [0.25, 0.3) is 0 Å². The monoisotopic (exact) mass is 432 g/mol. The lowest BCUT2D eigenvalue weighted by Crippen LogP contribution is -2.31. The molecule has 1 amide bonds. The Bertz CT molecular complexity index is 507. The van der Waals surface area contributed by atoms with Crippen molar-refractivity contribution < 1.29 is 4.79 Å². The second kappa shape index (κ2) is 11.3. The number of guanidine groups is 1. The third kappa shape index (κ3) is 7.67. The molecule has 0 bridgehead atoms. The van der Waals surface area contributed by atoms with Crippen LogP contribution in [0.15, 0.2) is 23.2 Å². The molecule has 1 rings (SSSR count). The summed E-state index contributed by atoms with van der Waals surface area (Å²) in [4.78, 5) is 15.8. The second-order valence-corrected chi connectivity index (χ2v) is 5.52. The minimum atomic E-state index is -0.00486. The van der Waals surface area contributed by atoms with E-state index in [0.29, 0.717) is 18.9 Å². The highest BCUT2D eigenvalue weighted by Gasteiger charge is 2.07. The number of para-hydroxylation sites is 1. The Hall–Kier alpha value is -1.31. The SMILES string of the molecule is CCc1cccc(CC)c1NC(N)=NCCC(=O)NC(C)C.I. The van der Waals surface area contributed by atoms with Crippen LogP contribution < -0.4 is 16.4 Å². The molecule has 0 aliphatic carbocycles. The van der Waals surface area contributed by atoms with Gasteiger partial charge in [0.25, 0.3) is 0 Å². The fourth-order valence-corrected chi connectivity index (χ4v) is 2.24. The van der Waals surface area contributed by atoms with E-state index >= 15 is 0 Å². The van der Waals surface area contributed by atoms with Crippen molar-refractivity contribution in [1.82, 2.24) is 5.32 Å². The molecule has 0 heterocycles. The minimum Gasteiger partial charge on any atom is -0.370 e. The van der Waals surface area contributed by atoms with Crippen LogP contribution in [0.1, 0.15) is 45.2 Å². The summed E-state index contributed by atoms with van der Waals surface area (Å²) in [6, 6.07) is 6.39. The van der Waals surface area contributed by atoms with Gasteiger partial charge in [-0.3, -0.25) is 9.79 Å². The summed E-state index contributed by atoms with van der Waals surface area (Å²) in [6.07, 6.45) is 2.21. The van der Waals surface area contributed by atoms with Gasteiger partial charge in [-0.05, 0) is 37.8 Å². The highest BCUT2D eigenvalue weighted by atomic mass is 127. The van der Waals surface area contributed by atoms with E-state index in [1.54, 1.807) is 0 Å². The summed E-state index contributed by atoms with van der Waals surface area (Å²) in [5, 5.41) is 6.02. The van der Waals surface area contributed by atoms with Gasteiger partial charge in [0.15, 0.2) is 5.96 Å². The molecule has 1 aromatic carbocycles. The number of aliphatic imine (C=N–C) groups is 1. The molecule has 5 nitrogen and oxygen atoms in total. The quantitative estimate of drug-likeness (QED) is 0.352. The van der Waals surface area contributed by atoms with Gasteiger partial charge in [-0.25, -0.2) is 0 Å². The van der Waals surface area contributed by atoms with Gasteiger partial charge in [0.2, 0.25) is 5.91 Å². The van der Waals surface area contributed by atoms with Gasteiger partial charge >= 0.3 is 0 Å². The Morgan fingerprint density at radius 1 is 1.22 bits per heavy atom. The lowest BCUT2D eigenvalue weighted by Gasteiger charge is -2.14. The lowest BCUT2D eigenvalue weighted by molar-refractivity contribution is -0.121. The van der Waals surface area contributed by atoms with E-state index in [4.69, 9.17) is 5.73 Å². The summed E-state index contributed by atoms with van der Waals surface area (Å²) < 4.78 is 0. The van der Waals surface area contributed by atoms with Crippen molar-refractivity contribution >= 4 is 41.5 Å². The first-order valence-electron chi connectivity index (χ1n) is 7.94. The van der Waals surface area contributed by atoms with Gasteiger partial charge < -0.3 is 16.4 Å². The average molecular weight is 432 g/mol. The predicted molar refractivity (Wildman–Crippen MR) is 109 cm³/mol. The number of halogens is 1. The van der Waals surface area contributed by atoms with Gasteiger partial charge in [-0.1, -0.05) is 32.0 Å². The summed E-state index contributed by atoms with van der Waals surface area (Å²) in [5.74, 6) is 0.350. The molecule has 0 aliphatic heterocycles. The predicted octanol–water partition coefficient (Wildman–Crippen LogP) is 3.07. The molecule has 0 atom stereocenters. The van der Waals surface area contributed by atoms with E-state index in [1.165, 1.54) is 11.1 Å². The Labute approximate surface area is 156 Å². The number of benzene rings is 1. The largest absolute Gasteiger partial charge is 0.370 e. The van der Waals surface area contributed by atoms with Gasteiger partial charge in [-0.2, -0.15) is 0 Å². The van der Waals surface area contributed by atoms with Crippen LogP contribution in [0.4, 0.5) is 5.69 Å². The number of amides is 1. The van der Waals surface area contributed by atoms with Crippen LogP contribution in [-0.2, 0) is 17.6 Å². The summed E-state index contributed by atoms with van der Waals surface area (Å²) >= 11 is 0. The van der Waals surface area contributed by atoms with E-state index in [1.807, 2.05) is 13.8 Å². The van der Waals surface area contributed by atoms with Crippen molar-refractivity contribution in [1.29, 1.82) is 0 Å². The number of hydrogen-bond donors (Lipinski definition) is 3. The van der Waals surface area contributed by atoms with E-state index in [9.17, 15) is 4.79 Å². The van der Waals surface area contributed by atoms with E-state index < -0.39 is 0 Å². The Morgan fingerprint density at radius 3 is 2.26 bits per heavy atom. The van der Waals surface area contributed by atoms with Crippen molar-refractivity contribution in [3.05, 3.63) is 29.3 Å². The number of hydrogen-bond acceptors (Lipinski definition) is 2. The maximum Gasteiger partial charge on any atom is 0.222 e. The summed E-state index contributed by atoms with van der Waals surface area (Å²) in [5.41, 5.74) is 9.42. The van der Waals surface area contributed by atoms with Crippen LogP contribution >= 0.6 is 24.0 Å². The zero-order valence-electron chi connectivity index (χ0n) is 14.5. The third-order valence-electron chi connectivity index (χ3n) is 3.32. The van der Waals surface area contributed by atoms with Gasteiger partial charge in [-0.15, -0.1) is 24.0 Å². The zero-order chi connectivity index (χ0) is 16.5. The Balaban J connectivity index is 0.00000484. The second-order valence-electron chi connectivity index (χ2n) is 5.52. The molecule has 4 N–H and O–H groups in total. The fraction of sp³-hybridized carbons (Fsp3) is 0.529. The molecule has 0 saturated carbocycles. The molecule has 0 fully saturated rings. The van der Waals surface area contributed by atoms with Crippen molar-refractivity contribution in [2.75, 3.05) is 11.9 Å². The first-order valence-corrected chi connectivity index (χ1v) is 7.94. The molecule has 0 saturated heterocycles. The number of anilines is 1. The number of carbonyl (C=O) groups is 1. The molecular weight excluding hydrogens is 403 g/mol. The first-order chi connectivity index (χ1) is 10.5. The van der Waals surface area contributed by atoms with Crippen molar-refractivity contribution in [2.24, 2.45) is 10.7 Å². The van der Waals surface area contributed by atoms with Crippen LogP contribution in [0, 0.1) is 0 Å². The fourth-order valence-electron chi connectivity index (χ4n) is 2.24. The van der Waals surface area contributed by atoms with Gasteiger partial charge in [0.05, 0.1) is 6.54 Å². The number of aryl methyl sites for hydroxylation is 2. The maximum atomic E-state index is 11.6. The molecular formula is C17H29IN4O. The van der Waals surface area contributed by atoms with E-state index in [2.05, 4.69) is 47.7 Å². The summed E-state index contributed by atoms with van der Waals surface area (Å²) in [7, 11) is 0. The molecule has 0 aliphatic rings. The normalized spacial score (nSPS) is 11.1. The molecule has 6 heteroatoms. The van der Waals surface area contributed by atoms with Gasteiger partial charge in [0.1, 0.15) is 0 Å². The zero-order valence-corrected chi connectivity index (χ0v) is 16.8. The first kappa shape index (κ1) is 21.7. The van der Waals surface area contributed by atoms with E-state index in [0.717, 1.165) is 18.5 Å². The molecule has 0 aromatic heterocycles. The van der Waals surface area contributed by atoms with Crippen LogP contribution in [0.3, 0.4) is 0 Å². The molecule has 23 heavy (non-hydrogen) atoms. The number of nitrogens with one attached hydrogen (secondary N) is 2. The molecule has 1 aromatic rings. The Kier molecular flexibility index (Phi) is 10.6. The number of nitrogens with zero attached hydrogens (tertiary/aromatic N) is 1. The number of carbonyl (C=O) groups excluding carboxylic acids is 1. The number of rotatable bonds is 7. The lowest BCUT2D eigenvalue weighted by atomic mass is 10.0. The van der Waals surface area contributed by atoms with Crippen molar-refractivity contribution in [3.8, 4) is 0 Å². The maximum absolute atomic E-state index is 11.6. The molecule has 130 valence electrons. The van der Waals surface area contributed by atoms with E-state index in [-0.39, 0.29) is 35.9 Å². The van der Waals surface area contributed by atoms with Crippen LogP contribution in [0.2, 0.25) is 0 Å². The van der Waals surface area contributed by atoms with Gasteiger partial charge in [0, 0.05) is 18.2 Å². The van der Waals surface area contributed by atoms with Crippen LogP contribution in [-0.4, -0.2) is 24.5 Å². The topological polar surface area (TPSA) is 79.5 Å². The minimum absolute atomic E-state index is 0. The van der Waals surface area contributed by atoms with Crippen LogP contribution in [0.5, 0.6) is 0 Å².